The van der Waals surface area contributed by atoms with E-state index in [-0.39, 0.29) is 5.75 Å². The van der Waals surface area contributed by atoms with Gasteiger partial charge >= 0.3 is 0 Å². The van der Waals surface area contributed by atoms with Gasteiger partial charge in [-0.05, 0) is 66.2 Å². The van der Waals surface area contributed by atoms with E-state index in [1.54, 1.807) is 30.1 Å². The van der Waals surface area contributed by atoms with Gasteiger partial charge in [0.05, 0.1) is 11.1 Å². The lowest BCUT2D eigenvalue weighted by molar-refractivity contribution is 0.306. The van der Waals surface area contributed by atoms with Crippen LogP contribution in [0.4, 0.5) is 11.5 Å². The summed E-state index contributed by atoms with van der Waals surface area (Å²) in [6.07, 6.45) is 3.21. The maximum Gasteiger partial charge on any atom is 0.164 e. The number of phenols is 1. The molecule has 0 aliphatic heterocycles. The molecule has 0 atom stereocenters. The van der Waals surface area contributed by atoms with Crippen LogP contribution in [0.15, 0.2) is 106 Å². The van der Waals surface area contributed by atoms with Crippen LogP contribution in [0.5, 0.6) is 11.5 Å². The zero-order valence-electron chi connectivity index (χ0n) is 17.9. The van der Waals surface area contributed by atoms with Gasteiger partial charge in [0.15, 0.2) is 5.65 Å². The summed E-state index contributed by atoms with van der Waals surface area (Å²) in [7, 11) is 0. The van der Waals surface area contributed by atoms with E-state index in [1.165, 1.54) is 6.33 Å². The molecule has 0 bridgehead atoms. The number of anilines is 2. The summed E-state index contributed by atoms with van der Waals surface area (Å²) in [5, 5.41) is 13.9. The van der Waals surface area contributed by atoms with Crippen molar-refractivity contribution in [2.24, 2.45) is 0 Å². The van der Waals surface area contributed by atoms with E-state index in [2.05, 4.69) is 36.2 Å². The van der Waals surface area contributed by atoms with Gasteiger partial charge in [0.2, 0.25) is 0 Å². The minimum absolute atomic E-state index is 0.236. The minimum Gasteiger partial charge on any atom is -0.508 e. The van der Waals surface area contributed by atoms with Crippen LogP contribution in [0.3, 0.4) is 0 Å². The van der Waals surface area contributed by atoms with Gasteiger partial charge in [-0.15, -0.1) is 0 Å². The molecule has 2 N–H and O–H groups in total. The van der Waals surface area contributed by atoms with E-state index in [4.69, 9.17) is 4.74 Å². The molecule has 0 aliphatic carbocycles. The predicted molar refractivity (Wildman–Crippen MR) is 138 cm³/mol. The molecule has 0 amide bonds. The number of hydrogen-bond donors (Lipinski definition) is 2. The van der Waals surface area contributed by atoms with Crippen LogP contribution in [0.2, 0.25) is 0 Å². The first kappa shape index (κ1) is 22.2. The highest BCUT2D eigenvalue weighted by Crippen LogP contribution is 2.38. The van der Waals surface area contributed by atoms with E-state index in [1.807, 2.05) is 66.7 Å². The number of rotatable bonds is 7. The molecule has 3 aromatic carbocycles. The van der Waals surface area contributed by atoms with Crippen LogP contribution in [0.25, 0.3) is 11.0 Å². The molecule has 0 unspecified atom stereocenters. The fraction of sp³-hybridized carbons (Fsp3) is 0.0385. The molecule has 0 radical (unpaired) electrons. The van der Waals surface area contributed by atoms with E-state index < -0.39 is 0 Å². The van der Waals surface area contributed by atoms with Gasteiger partial charge in [0.25, 0.3) is 0 Å². The third-order valence-electron chi connectivity index (χ3n) is 5.00. The maximum absolute atomic E-state index is 9.62. The number of aromatic hydroxyl groups is 1. The van der Waals surface area contributed by atoms with Crippen molar-refractivity contribution in [3.63, 3.8) is 0 Å². The summed E-state index contributed by atoms with van der Waals surface area (Å²) in [5.74, 6) is 1.63. The molecule has 34 heavy (non-hydrogen) atoms. The van der Waals surface area contributed by atoms with Crippen molar-refractivity contribution < 1.29 is 9.84 Å². The summed E-state index contributed by atoms with van der Waals surface area (Å²) in [4.78, 5) is 15.0. The molecule has 0 saturated heterocycles. The quantitative estimate of drug-likeness (QED) is 0.235. The molecule has 0 aliphatic rings. The Bertz CT molecular complexity index is 1420. The smallest absolute Gasteiger partial charge is 0.164 e. The van der Waals surface area contributed by atoms with Crippen molar-refractivity contribution in [2.75, 3.05) is 5.32 Å². The fourth-order valence-electron chi connectivity index (χ4n) is 3.30. The van der Waals surface area contributed by atoms with Crippen LogP contribution in [-0.2, 0) is 6.61 Å². The highest BCUT2D eigenvalue weighted by atomic mass is 79.9. The summed E-state index contributed by atoms with van der Waals surface area (Å²) < 4.78 is 7.11. The number of halogens is 1. The van der Waals surface area contributed by atoms with Gasteiger partial charge in [-0.3, -0.25) is 0 Å². The lowest BCUT2D eigenvalue weighted by Crippen LogP contribution is -2.00. The third kappa shape index (κ3) is 5.30. The Morgan fingerprint density at radius 2 is 1.74 bits per heavy atom. The van der Waals surface area contributed by atoms with Crippen molar-refractivity contribution in [3.8, 4) is 11.5 Å². The van der Waals surface area contributed by atoms with E-state index in [0.717, 1.165) is 36.7 Å². The third-order valence-corrected chi connectivity index (χ3v) is 6.61. The number of phenolic OH excluding ortho intramolecular Hbond substituents is 1. The molecule has 2 heterocycles. The van der Waals surface area contributed by atoms with Crippen LogP contribution in [0, 0.1) is 0 Å². The largest absolute Gasteiger partial charge is 0.508 e. The molecule has 168 valence electrons. The van der Waals surface area contributed by atoms with Gasteiger partial charge < -0.3 is 15.2 Å². The maximum atomic E-state index is 9.62. The average molecular weight is 531 g/mol. The molecular weight excluding hydrogens is 512 g/mol. The average Bonchev–Trinajstić information content (AvgIpc) is 2.86. The van der Waals surface area contributed by atoms with Crippen molar-refractivity contribution in [1.82, 2.24) is 15.0 Å². The summed E-state index contributed by atoms with van der Waals surface area (Å²) >= 11 is 5.04. The second-order valence-corrected chi connectivity index (χ2v) is 9.42. The van der Waals surface area contributed by atoms with E-state index >= 15 is 0 Å². The number of nitrogens with zero attached hydrogens (tertiary/aromatic N) is 3. The van der Waals surface area contributed by atoms with Crippen molar-refractivity contribution >= 4 is 50.2 Å². The topological polar surface area (TPSA) is 80.2 Å². The fourth-order valence-corrected chi connectivity index (χ4v) is 4.44. The van der Waals surface area contributed by atoms with E-state index in [9.17, 15) is 5.11 Å². The lowest BCUT2D eigenvalue weighted by Gasteiger charge is -2.15. The van der Waals surface area contributed by atoms with Crippen LogP contribution >= 0.6 is 27.7 Å². The predicted octanol–water partition coefficient (Wildman–Crippen LogP) is 6.97. The molecular formula is C26H19BrN4O2S. The van der Waals surface area contributed by atoms with Gasteiger partial charge in [0.1, 0.15) is 30.3 Å². The molecule has 0 saturated carbocycles. The molecule has 2 aromatic heterocycles. The number of benzene rings is 3. The Labute approximate surface area is 209 Å². The lowest BCUT2D eigenvalue weighted by atomic mass is 10.2. The Kier molecular flexibility index (Phi) is 6.60. The Morgan fingerprint density at radius 3 is 2.56 bits per heavy atom. The number of nitrogens with one attached hydrogen (secondary N) is 1. The first-order valence-corrected chi connectivity index (χ1v) is 12.1. The van der Waals surface area contributed by atoms with Crippen molar-refractivity contribution in [2.45, 2.75) is 16.4 Å². The van der Waals surface area contributed by atoms with Crippen LogP contribution in [-0.4, -0.2) is 20.1 Å². The van der Waals surface area contributed by atoms with E-state index in [0.29, 0.717) is 18.1 Å². The highest BCUT2D eigenvalue weighted by molar-refractivity contribution is 9.10. The van der Waals surface area contributed by atoms with Gasteiger partial charge in [-0.1, -0.05) is 39.8 Å². The second kappa shape index (κ2) is 10.1. The summed E-state index contributed by atoms with van der Waals surface area (Å²) in [6, 6.07) is 24.9. The number of hydrogen-bond acceptors (Lipinski definition) is 7. The molecule has 5 rings (SSSR count). The Balaban J connectivity index is 1.46. The zero-order valence-corrected chi connectivity index (χ0v) is 20.3. The van der Waals surface area contributed by atoms with Gasteiger partial charge in [-0.25, -0.2) is 15.0 Å². The molecule has 5 aromatic rings. The summed E-state index contributed by atoms with van der Waals surface area (Å²) in [5.41, 5.74) is 2.54. The SMILES string of the molecule is Oc1ccc(Sc2ccc(OCc3ccc(Br)cc3)cc2Nc2ncnc3ncccc23)cc1. The van der Waals surface area contributed by atoms with Crippen molar-refractivity contribution in [1.29, 1.82) is 0 Å². The van der Waals surface area contributed by atoms with Crippen molar-refractivity contribution in [3.05, 3.63) is 101 Å². The molecule has 6 nitrogen and oxygen atoms in total. The molecule has 0 fully saturated rings. The van der Waals surface area contributed by atoms with Gasteiger partial charge in [-0.2, -0.15) is 0 Å². The minimum atomic E-state index is 0.236. The van der Waals surface area contributed by atoms with Crippen LogP contribution < -0.4 is 10.1 Å². The second-order valence-electron chi connectivity index (χ2n) is 7.39. The number of aromatic nitrogens is 3. The Hall–Kier alpha value is -3.62. The first-order chi connectivity index (χ1) is 16.6. The molecule has 8 heteroatoms. The molecule has 0 spiro atoms. The number of fused-ring (bicyclic) bond motifs is 1. The number of pyridine rings is 1. The summed E-state index contributed by atoms with van der Waals surface area (Å²) in [6.45, 7) is 0.456. The normalized spacial score (nSPS) is 10.9. The monoisotopic (exact) mass is 530 g/mol. The first-order valence-electron chi connectivity index (χ1n) is 10.4. The standard InChI is InChI=1S/C26H19BrN4O2S/c27-18-5-3-17(4-6-18)15-33-20-9-12-24(34-21-10-7-19(32)8-11-21)23(14-20)31-26-22-2-1-13-28-25(22)29-16-30-26/h1-14,16,32H,15H2,(H,28,29,30,31). The highest BCUT2D eigenvalue weighted by Gasteiger charge is 2.11. The van der Waals surface area contributed by atoms with Crippen LogP contribution in [0.1, 0.15) is 5.56 Å². The number of ether oxygens (including phenoxy) is 1. The van der Waals surface area contributed by atoms with Gasteiger partial charge in [0, 0.05) is 26.5 Å². The Morgan fingerprint density at radius 1 is 0.912 bits per heavy atom. The zero-order chi connectivity index (χ0) is 23.3.